The SMILES string of the molecule is CC(C)CNCc1ccc(Oc2cncc(Cl)c2)nn1. The van der Waals surface area contributed by atoms with E-state index in [1.54, 1.807) is 24.5 Å². The first kappa shape index (κ1) is 14.7. The number of aromatic nitrogens is 3. The minimum Gasteiger partial charge on any atom is -0.436 e. The second-order valence-electron chi connectivity index (χ2n) is 4.83. The standard InChI is InChI=1S/C14H17ClN4O/c1-10(2)6-16-8-12-3-4-14(19-18-12)20-13-5-11(15)7-17-9-13/h3-5,7,9-10,16H,6,8H2,1-2H3. The average Bonchev–Trinajstić information content (AvgIpc) is 2.40. The van der Waals surface area contributed by atoms with Gasteiger partial charge in [-0.05, 0) is 18.5 Å². The Balaban J connectivity index is 1.91. The van der Waals surface area contributed by atoms with E-state index in [0.717, 1.165) is 12.2 Å². The van der Waals surface area contributed by atoms with Crippen molar-refractivity contribution in [3.8, 4) is 11.6 Å². The van der Waals surface area contributed by atoms with Gasteiger partial charge in [-0.1, -0.05) is 25.4 Å². The van der Waals surface area contributed by atoms with Gasteiger partial charge in [-0.15, -0.1) is 5.10 Å². The van der Waals surface area contributed by atoms with Crippen LogP contribution in [0.4, 0.5) is 0 Å². The highest BCUT2D eigenvalue weighted by molar-refractivity contribution is 6.30. The molecule has 1 N–H and O–H groups in total. The van der Waals surface area contributed by atoms with Gasteiger partial charge in [-0.3, -0.25) is 4.98 Å². The molecule has 0 saturated heterocycles. The van der Waals surface area contributed by atoms with Crippen molar-refractivity contribution in [2.24, 2.45) is 5.92 Å². The van der Waals surface area contributed by atoms with Gasteiger partial charge in [-0.25, -0.2) is 0 Å². The number of nitrogens with one attached hydrogen (secondary N) is 1. The van der Waals surface area contributed by atoms with Gasteiger partial charge in [0, 0.05) is 24.9 Å². The number of hydrogen-bond donors (Lipinski definition) is 1. The molecule has 0 aliphatic carbocycles. The molecule has 106 valence electrons. The van der Waals surface area contributed by atoms with Crippen LogP contribution in [-0.2, 0) is 6.54 Å². The fourth-order valence-corrected chi connectivity index (χ4v) is 1.72. The summed E-state index contributed by atoms with van der Waals surface area (Å²) in [6.45, 7) is 5.97. The van der Waals surface area contributed by atoms with Crippen molar-refractivity contribution < 1.29 is 4.74 Å². The molecule has 0 unspecified atom stereocenters. The largest absolute Gasteiger partial charge is 0.436 e. The third-order valence-electron chi connectivity index (χ3n) is 2.46. The number of rotatable bonds is 6. The Morgan fingerprint density at radius 2 is 2.10 bits per heavy atom. The molecule has 2 aromatic rings. The lowest BCUT2D eigenvalue weighted by Crippen LogP contribution is -2.19. The molecule has 0 spiro atoms. The third-order valence-corrected chi connectivity index (χ3v) is 2.66. The molecule has 0 radical (unpaired) electrons. The molecule has 20 heavy (non-hydrogen) atoms. The molecule has 2 aromatic heterocycles. The molecule has 0 bridgehead atoms. The second-order valence-corrected chi connectivity index (χ2v) is 5.27. The van der Waals surface area contributed by atoms with Crippen molar-refractivity contribution in [2.75, 3.05) is 6.54 Å². The van der Waals surface area contributed by atoms with Crippen LogP contribution in [0.25, 0.3) is 0 Å². The maximum Gasteiger partial charge on any atom is 0.238 e. The molecule has 5 nitrogen and oxygen atoms in total. The lowest BCUT2D eigenvalue weighted by atomic mass is 10.2. The van der Waals surface area contributed by atoms with Gasteiger partial charge in [0.1, 0.15) is 5.75 Å². The predicted octanol–water partition coefficient (Wildman–Crippen LogP) is 3.06. The summed E-state index contributed by atoms with van der Waals surface area (Å²) in [5.74, 6) is 1.57. The second kappa shape index (κ2) is 7.17. The first-order valence-corrected chi connectivity index (χ1v) is 6.83. The molecule has 2 rings (SSSR count). The number of ether oxygens (including phenoxy) is 1. The Morgan fingerprint density at radius 3 is 2.75 bits per heavy atom. The van der Waals surface area contributed by atoms with Crippen LogP contribution in [0.1, 0.15) is 19.5 Å². The zero-order valence-electron chi connectivity index (χ0n) is 11.5. The smallest absolute Gasteiger partial charge is 0.238 e. The fourth-order valence-electron chi connectivity index (χ4n) is 1.55. The van der Waals surface area contributed by atoms with Gasteiger partial charge < -0.3 is 10.1 Å². The Kier molecular flexibility index (Phi) is 5.26. The van der Waals surface area contributed by atoms with Gasteiger partial charge in [0.05, 0.1) is 16.9 Å². The number of pyridine rings is 1. The average molecular weight is 293 g/mol. The van der Waals surface area contributed by atoms with Gasteiger partial charge in [0.15, 0.2) is 0 Å². The quantitative estimate of drug-likeness (QED) is 0.886. The minimum atomic E-state index is 0.418. The molecule has 6 heteroatoms. The Bertz CT molecular complexity index is 545. The molecule has 0 aliphatic heterocycles. The van der Waals surface area contributed by atoms with Gasteiger partial charge >= 0.3 is 0 Å². The molecule has 0 fully saturated rings. The summed E-state index contributed by atoms with van der Waals surface area (Å²) in [5, 5.41) is 11.9. The fraction of sp³-hybridized carbons (Fsp3) is 0.357. The van der Waals surface area contributed by atoms with Crippen LogP contribution < -0.4 is 10.1 Å². The minimum absolute atomic E-state index is 0.418. The predicted molar refractivity (Wildman–Crippen MR) is 77.9 cm³/mol. The van der Waals surface area contributed by atoms with Crippen molar-refractivity contribution in [2.45, 2.75) is 20.4 Å². The van der Waals surface area contributed by atoms with Gasteiger partial charge in [0.25, 0.3) is 0 Å². The number of nitrogens with zero attached hydrogens (tertiary/aromatic N) is 3. The van der Waals surface area contributed by atoms with Crippen LogP contribution in [0, 0.1) is 5.92 Å². The van der Waals surface area contributed by atoms with Crippen molar-refractivity contribution in [1.29, 1.82) is 0 Å². The molecule has 0 amide bonds. The van der Waals surface area contributed by atoms with E-state index in [1.807, 2.05) is 6.07 Å². The summed E-state index contributed by atoms with van der Waals surface area (Å²) in [6, 6.07) is 5.34. The number of hydrogen-bond acceptors (Lipinski definition) is 5. The molecular weight excluding hydrogens is 276 g/mol. The monoisotopic (exact) mass is 292 g/mol. The molecule has 0 aromatic carbocycles. The lowest BCUT2D eigenvalue weighted by molar-refractivity contribution is 0.450. The van der Waals surface area contributed by atoms with Crippen molar-refractivity contribution in [1.82, 2.24) is 20.5 Å². The highest BCUT2D eigenvalue weighted by Gasteiger charge is 2.02. The summed E-state index contributed by atoms with van der Waals surface area (Å²) in [4.78, 5) is 3.94. The van der Waals surface area contributed by atoms with Crippen LogP contribution in [0.3, 0.4) is 0 Å². The Hall–Kier alpha value is -1.72. The first-order chi connectivity index (χ1) is 9.63. The first-order valence-electron chi connectivity index (χ1n) is 6.45. The van der Waals surface area contributed by atoms with Crippen molar-refractivity contribution >= 4 is 11.6 Å². The van der Waals surface area contributed by atoms with E-state index in [2.05, 4.69) is 34.3 Å². The van der Waals surface area contributed by atoms with E-state index in [0.29, 0.717) is 29.1 Å². The molecule has 0 aliphatic rings. The molecule has 0 saturated carbocycles. The topological polar surface area (TPSA) is 59.9 Å². The van der Waals surface area contributed by atoms with E-state index in [1.165, 1.54) is 0 Å². The highest BCUT2D eigenvalue weighted by atomic mass is 35.5. The van der Waals surface area contributed by atoms with Crippen LogP contribution in [0.5, 0.6) is 11.6 Å². The van der Waals surface area contributed by atoms with Crippen LogP contribution in [-0.4, -0.2) is 21.7 Å². The molecule has 0 atom stereocenters. The normalized spacial score (nSPS) is 10.8. The van der Waals surface area contributed by atoms with Crippen LogP contribution >= 0.6 is 11.6 Å². The highest BCUT2D eigenvalue weighted by Crippen LogP contribution is 2.20. The molecular formula is C14H17ClN4O. The van der Waals surface area contributed by atoms with Crippen molar-refractivity contribution in [3.63, 3.8) is 0 Å². The third kappa shape index (κ3) is 4.75. The van der Waals surface area contributed by atoms with E-state index in [-0.39, 0.29) is 0 Å². The summed E-state index contributed by atoms with van der Waals surface area (Å²) in [7, 11) is 0. The summed E-state index contributed by atoms with van der Waals surface area (Å²) >= 11 is 5.83. The van der Waals surface area contributed by atoms with Gasteiger partial charge in [-0.2, -0.15) is 5.10 Å². The maximum atomic E-state index is 5.83. The zero-order valence-corrected chi connectivity index (χ0v) is 12.3. The number of halogens is 1. The van der Waals surface area contributed by atoms with E-state index in [9.17, 15) is 0 Å². The Labute approximate surface area is 123 Å². The van der Waals surface area contributed by atoms with Gasteiger partial charge in [0.2, 0.25) is 5.88 Å². The van der Waals surface area contributed by atoms with E-state index >= 15 is 0 Å². The van der Waals surface area contributed by atoms with E-state index < -0.39 is 0 Å². The zero-order chi connectivity index (χ0) is 14.4. The summed E-state index contributed by atoms with van der Waals surface area (Å²) < 4.78 is 5.52. The van der Waals surface area contributed by atoms with Crippen molar-refractivity contribution in [3.05, 3.63) is 41.3 Å². The summed E-state index contributed by atoms with van der Waals surface area (Å²) in [6.07, 6.45) is 3.12. The Morgan fingerprint density at radius 1 is 1.25 bits per heavy atom. The lowest BCUT2D eigenvalue weighted by Gasteiger charge is -2.07. The maximum absolute atomic E-state index is 5.83. The molecule has 2 heterocycles. The van der Waals surface area contributed by atoms with Crippen LogP contribution in [0.15, 0.2) is 30.6 Å². The van der Waals surface area contributed by atoms with E-state index in [4.69, 9.17) is 16.3 Å². The van der Waals surface area contributed by atoms with Crippen LogP contribution in [0.2, 0.25) is 5.02 Å². The summed E-state index contributed by atoms with van der Waals surface area (Å²) in [5.41, 5.74) is 0.877.